The van der Waals surface area contributed by atoms with Crippen LogP contribution in [-0.2, 0) is 11.3 Å². The fourth-order valence-electron chi connectivity index (χ4n) is 2.64. The maximum Gasteiger partial charge on any atom is 0.393 e. The minimum absolute atomic E-state index is 0.00404. The third-order valence-corrected chi connectivity index (χ3v) is 3.74. The molecular weight excluding hydrogens is 317 g/mol. The second-order valence-electron chi connectivity index (χ2n) is 5.33. The van der Waals surface area contributed by atoms with Crippen molar-refractivity contribution in [2.45, 2.75) is 12.7 Å². The average Bonchev–Trinajstić information content (AvgIpc) is 3.17. The highest BCUT2D eigenvalue weighted by Gasteiger charge is 2.51. The first kappa shape index (κ1) is 15.5. The molecule has 1 fully saturated rings. The predicted molar refractivity (Wildman–Crippen MR) is 69.5 cm³/mol. The fraction of sp³-hybridized carbons (Fsp3) is 0.462. The molecule has 7 nitrogen and oxygen atoms in total. The summed E-state index contributed by atoms with van der Waals surface area (Å²) in [6.07, 6.45) is -3.05. The van der Waals surface area contributed by atoms with Gasteiger partial charge in [0.25, 0.3) is 5.89 Å². The van der Waals surface area contributed by atoms with E-state index in [-0.39, 0.29) is 31.4 Å². The zero-order valence-corrected chi connectivity index (χ0v) is 11.8. The van der Waals surface area contributed by atoms with Crippen molar-refractivity contribution in [2.75, 3.05) is 13.1 Å². The molecule has 2 aromatic heterocycles. The first-order valence-electron chi connectivity index (χ1n) is 6.79. The smallest absolute Gasteiger partial charge is 0.393 e. The Morgan fingerprint density at radius 3 is 2.74 bits per heavy atom. The van der Waals surface area contributed by atoms with E-state index >= 15 is 0 Å². The predicted octanol–water partition coefficient (Wildman–Crippen LogP) is 1.43. The van der Waals surface area contributed by atoms with Gasteiger partial charge in [0, 0.05) is 13.1 Å². The minimum atomic E-state index is -4.48. The van der Waals surface area contributed by atoms with Crippen molar-refractivity contribution in [3.63, 3.8) is 0 Å². The van der Waals surface area contributed by atoms with Crippen LogP contribution >= 0.6 is 0 Å². The van der Waals surface area contributed by atoms with Crippen LogP contribution in [0.5, 0.6) is 0 Å². The van der Waals surface area contributed by atoms with Crippen LogP contribution in [0.2, 0.25) is 0 Å². The van der Waals surface area contributed by atoms with Crippen LogP contribution in [0.15, 0.2) is 27.2 Å². The number of carbonyl (C=O) groups is 1. The molecule has 1 aliphatic rings. The van der Waals surface area contributed by atoms with E-state index in [9.17, 15) is 18.0 Å². The molecule has 2 N–H and O–H groups in total. The number of primary amides is 1. The fourth-order valence-corrected chi connectivity index (χ4v) is 2.64. The lowest BCUT2D eigenvalue weighted by Gasteiger charge is -2.18. The van der Waals surface area contributed by atoms with Crippen LogP contribution in [0.3, 0.4) is 0 Å². The highest BCUT2D eigenvalue weighted by molar-refractivity contribution is 5.77. The van der Waals surface area contributed by atoms with Crippen LogP contribution in [0.25, 0.3) is 11.7 Å². The molecule has 0 bridgehead atoms. The van der Waals surface area contributed by atoms with Crippen LogP contribution in [0.4, 0.5) is 13.2 Å². The van der Waals surface area contributed by atoms with E-state index in [0.29, 0.717) is 5.76 Å². The average molecular weight is 330 g/mol. The summed E-state index contributed by atoms with van der Waals surface area (Å²) >= 11 is 0. The second-order valence-corrected chi connectivity index (χ2v) is 5.33. The number of hydrogen-bond acceptors (Lipinski definition) is 6. The molecule has 3 heterocycles. The molecular formula is C13H13F3N4O3. The lowest BCUT2D eigenvalue weighted by atomic mass is 9.95. The first-order valence-corrected chi connectivity index (χ1v) is 6.79. The van der Waals surface area contributed by atoms with Crippen LogP contribution in [0.1, 0.15) is 5.89 Å². The van der Waals surface area contributed by atoms with Gasteiger partial charge in [-0.15, -0.1) is 10.2 Å². The summed E-state index contributed by atoms with van der Waals surface area (Å²) in [5.74, 6) is -3.37. The SMILES string of the molecule is NC(=O)[C@@H]1CN(Cc2nnc(-c3ccco3)o2)C[C@H]1C(F)(F)F. The molecule has 10 heteroatoms. The summed E-state index contributed by atoms with van der Waals surface area (Å²) in [6, 6.07) is 3.26. The van der Waals surface area contributed by atoms with Crippen molar-refractivity contribution >= 4 is 5.91 Å². The summed E-state index contributed by atoms with van der Waals surface area (Å²) in [6.45, 7) is -0.433. The highest BCUT2D eigenvalue weighted by atomic mass is 19.4. The Balaban J connectivity index is 1.70. The molecule has 0 aromatic carbocycles. The third-order valence-electron chi connectivity index (χ3n) is 3.74. The van der Waals surface area contributed by atoms with E-state index < -0.39 is 23.9 Å². The zero-order valence-electron chi connectivity index (χ0n) is 11.8. The molecule has 0 radical (unpaired) electrons. The maximum atomic E-state index is 13.0. The number of likely N-dealkylation sites (tertiary alicyclic amines) is 1. The van der Waals surface area contributed by atoms with Gasteiger partial charge in [-0.1, -0.05) is 0 Å². The molecule has 124 valence electrons. The van der Waals surface area contributed by atoms with Gasteiger partial charge in [-0.2, -0.15) is 13.2 Å². The molecule has 0 saturated carbocycles. The molecule has 23 heavy (non-hydrogen) atoms. The second kappa shape index (κ2) is 5.69. The number of alkyl halides is 3. The molecule has 1 amide bonds. The number of aromatic nitrogens is 2. The van der Waals surface area contributed by atoms with Gasteiger partial charge in [-0.25, -0.2) is 0 Å². The molecule has 0 spiro atoms. The number of halogens is 3. The normalized spacial score (nSPS) is 22.6. The molecule has 2 atom stereocenters. The number of amides is 1. The van der Waals surface area contributed by atoms with Crippen molar-refractivity contribution in [1.82, 2.24) is 15.1 Å². The van der Waals surface area contributed by atoms with Crippen LogP contribution in [0, 0.1) is 11.8 Å². The molecule has 1 aliphatic heterocycles. The van der Waals surface area contributed by atoms with Crippen molar-refractivity contribution in [2.24, 2.45) is 17.6 Å². The standard InChI is InChI=1S/C13H13F3N4O3/c14-13(15,16)8-5-20(4-7(8)11(17)21)6-10-18-19-12(23-10)9-2-1-3-22-9/h1-3,7-8H,4-6H2,(H2,17,21)/t7-,8-/m1/s1. The summed E-state index contributed by atoms with van der Waals surface area (Å²) < 4.78 is 49.4. The van der Waals surface area contributed by atoms with Gasteiger partial charge in [0.15, 0.2) is 5.76 Å². The Morgan fingerprint density at radius 2 is 2.17 bits per heavy atom. The van der Waals surface area contributed by atoms with Crippen molar-refractivity contribution in [1.29, 1.82) is 0 Å². The van der Waals surface area contributed by atoms with E-state index in [2.05, 4.69) is 10.2 Å². The summed E-state index contributed by atoms with van der Waals surface area (Å²) in [5, 5.41) is 7.55. The van der Waals surface area contributed by atoms with E-state index in [1.54, 1.807) is 12.1 Å². The largest absolute Gasteiger partial charge is 0.459 e. The summed E-state index contributed by atoms with van der Waals surface area (Å²) in [7, 11) is 0. The Hall–Kier alpha value is -2.36. The molecule has 0 aliphatic carbocycles. The lowest BCUT2D eigenvalue weighted by molar-refractivity contribution is -0.182. The Bertz CT molecular complexity index is 683. The number of nitrogens with zero attached hydrogens (tertiary/aromatic N) is 3. The van der Waals surface area contributed by atoms with E-state index in [4.69, 9.17) is 14.6 Å². The monoisotopic (exact) mass is 330 g/mol. The topological polar surface area (TPSA) is 98.4 Å². The Kier molecular flexibility index (Phi) is 3.84. The Morgan fingerprint density at radius 1 is 1.39 bits per heavy atom. The van der Waals surface area contributed by atoms with Gasteiger partial charge in [0.05, 0.1) is 24.6 Å². The molecule has 0 unspecified atom stereocenters. The van der Waals surface area contributed by atoms with Crippen molar-refractivity contribution in [3.8, 4) is 11.7 Å². The van der Waals surface area contributed by atoms with Crippen molar-refractivity contribution in [3.05, 3.63) is 24.3 Å². The van der Waals surface area contributed by atoms with Gasteiger partial charge >= 0.3 is 6.18 Å². The number of nitrogens with two attached hydrogens (primary N) is 1. The quantitative estimate of drug-likeness (QED) is 0.910. The lowest BCUT2D eigenvalue weighted by Crippen LogP contribution is -2.37. The van der Waals surface area contributed by atoms with Crippen molar-refractivity contribution < 1.29 is 26.8 Å². The number of carbonyl (C=O) groups excluding carboxylic acids is 1. The van der Waals surface area contributed by atoms with Gasteiger partial charge < -0.3 is 14.6 Å². The molecule has 3 rings (SSSR count). The van der Waals surface area contributed by atoms with Gasteiger partial charge in [-0.3, -0.25) is 9.69 Å². The number of furan rings is 1. The summed E-state index contributed by atoms with van der Waals surface area (Å²) in [4.78, 5) is 12.7. The van der Waals surface area contributed by atoms with Crippen LogP contribution in [-0.4, -0.2) is 40.3 Å². The molecule has 2 aromatic rings. The first-order chi connectivity index (χ1) is 10.8. The number of rotatable bonds is 4. The third kappa shape index (κ3) is 3.21. The van der Waals surface area contributed by atoms with E-state index in [1.165, 1.54) is 11.2 Å². The summed E-state index contributed by atoms with van der Waals surface area (Å²) in [5.41, 5.74) is 5.08. The highest BCUT2D eigenvalue weighted by Crippen LogP contribution is 2.37. The molecule has 1 saturated heterocycles. The maximum absolute atomic E-state index is 13.0. The van der Waals surface area contributed by atoms with Gasteiger partial charge in [0.2, 0.25) is 11.8 Å². The Labute approximate surface area is 128 Å². The van der Waals surface area contributed by atoms with E-state index in [1.807, 2.05) is 0 Å². The van der Waals surface area contributed by atoms with Gasteiger partial charge in [-0.05, 0) is 12.1 Å². The zero-order chi connectivity index (χ0) is 16.6. The van der Waals surface area contributed by atoms with Gasteiger partial charge in [0.1, 0.15) is 0 Å². The van der Waals surface area contributed by atoms with E-state index in [0.717, 1.165) is 0 Å². The number of hydrogen-bond donors (Lipinski definition) is 1. The minimum Gasteiger partial charge on any atom is -0.459 e. The van der Waals surface area contributed by atoms with Crippen LogP contribution < -0.4 is 5.73 Å².